The van der Waals surface area contributed by atoms with Gasteiger partial charge in [0.1, 0.15) is 6.10 Å². The molecule has 0 amide bonds. The second kappa shape index (κ2) is 6.48. The molecule has 1 rings (SSSR count). The molecule has 0 spiro atoms. The van der Waals surface area contributed by atoms with E-state index in [1.54, 1.807) is 7.11 Å². The predicted octanol–water partition coefficient (Wildman–Crippen LogP) is 1.35. The molecule has 0 aliphatic heterocycles. The number of hydrogen-bond acceptors (Lipinski definition) is 4. The topological polar surface area (TPSA) is 72.8 Å². The van der Waals surface area contributed by atoms with E-state index in [2.05, 4.69) is 0 Å². The molecule has 92 valence electrons. The summed E-state index contributed by atoms with van der Waals surface area (Å²) >= 11 is 0. The third-order valence-electron chi connectivity index (χ3n) is 2.77. The quantitative estimate of drug-likeness (QED) is 0.722. The summed E-state index contributed by atoms with van der Waals surface area (Å²) in [6.45, 7) is 0. The van der Waals surface area contributed by atoms with Crippen molar-refractivity contribution in [2.24, 2.45) is 0 Å². The van der Waals surface area contributed by atoms with Crippen LogP contribution in [-0.4, -0.2) is 36.4 Å². The van der Waals surface area contributed by atoms with Gasteiger partial charge in [-0.2, -0.15) is 0 Å². The van der Waals surface area contributed by atoms with Crippen molar-refractivity contribution in [3.8, 4) is 0 Å². The molecule has 1 saturated carbocycles. The van der Waals surface area contributed by atoms with Gasteiger partial charge >= 0.3 is 11.9 Å². The average Bonchev–Trinajstić information content (AvgIpc) is 2.27. The highest BCUT2D eigenvalue weighted by Crippen LogP contribution is 2.23. The summed E-state index contributed by atoms with van der Waals surface area (Å²) in [5.41, 5.74) is 0. The van der Waals surface area contributed by atoms with Gasteiger partial charge < -0.3 is 14.6 Å². The van der Waals surface area contributed by atoms with Crippen LogP contribution in [0.2, 0.25) is 0 Å². The molecule has 0 saturated heterocycles. The Labute approximate surface area is 94.7 Å². The molecule has 5 nitrogen and oxygen atoms in total. The van der Waals surface area contributed by atoms with E-state index in [0.717, 1.165) is 25.7 Å². The molecule has 16 heavy (non-hydrogen) atoms. The van der Waals surface area contributed by atoms with E-state index in [9.17, 15) is 9.59 Å². The number of carbonyl (C=O) groups excluding carboxylic acids is 1. The van der Waals surface area contributed by atoms with Crippen LogP contribution in [0.15, 0.2) is 0 Å². The van der Waals surface area contributed by atoms with Crippen molar-refractivity contribution < 1.29 is 24.2 Å². The van der Waals surface area contributed by atoms with Crippen LogP contribution in [0.4, 0.5) is 0 Å². The van der Waals surface area contributed by atoms with Crippen LogP contribution in [0.25, 0.3) is 0 Å². The fourth-order valence-corrected chi connectivity index (χ4v) is 1.90. The first-order valence-corrected chi connectivity index (χ1v) is 5.57. The van der Waals surface area contributed by atoms with E-state index in [4.69, 9.17) is 14.6 Å². The smallest absolute Gasteiger partial charge is 0.306 e. The van der Waals surface area contributed by atoms with Crippen molar-refractivity contribution >= 4 is 11.9 Å². The molecule has 2 atom stereocenters. The normalized spacial score (nSPS) is 25.1. The first-order chi connectivity index (χ1) is 7.63. The number of aliphatic carboxylic acids is 1. The zero-order valence-corrected chi connectivity index (χ0v) is 9.48. The van der Waals surface area contributed by atoms with Crippen LogP contribution in [0.3, 0.4) is 0 Å². The van der Waals surface area contributed by atoms with Crippen molar-refractivity contribution in [3.63, 3.8) is 0 Å². The van der Waals surface area contributed by atoms with E-state index in [1.165, 1.54) is 0 Å². The van der Waals surface area contributed by atoms with E-state index in [0.29, 0.717) is 0 Å². The molecule has 0 aromatic heterocycles. The minimum atomic E-state index is -0.983. The summed E-state index contributed by atoms with van der Waals surface area (Å²) in [5, 5.41) is 8.43. The number of rotatable bonds is 5. The monoisotopic (exact) mass is 230 g/mol. The summed E-state index contributed by atoms with van der Waals surface area (Å²) in [6.07, 6.45) is 3.32. The van der Waals surface area contributed by atoms with Crippen LogP contribution in [0.1, 0.15) is 38.5 Å². The summed E-state index contributed by atoms with van der Waals surface area (Å²) in [7, 11) is 1.61. The number of hydrogen-bond donors (Lipinski definition) is 1. The van der Waals surface area contributed by atoms with E-state index >= 15 is 0 Å². The molecule has 0 heterocycles. The van der Waals surface area contributed by atoms with E-state index in [1.807, 2.05) is 0 Å². The lowest BCUT2D eigenvalue weighted by Crippen LogP contribution is -2.35. The highest BCUT2D eigenvalue weighted by molar-refractivity contribution is 5.76. The maximum atomic E-state index is 11.3. The Bertz CT molecular complexity index is 251. The molecule has 1 N–H and O–H groups in total. The molecule has 5 heteroatoms. The molecular formula is C11H18O5. The number of ether oxygens (including phenoxy) is 2. The SMILES string of the molecule is CO[C@@H]1CCCC[C@H]1OC(=O)CCC(=O)O. The minimum absolute atomic E-state index is 0.0393. The van der Waals surface area contributed by atoms with Gasteiger partial charge in [-0.25, -0.2) is 0 Å². The Balaban J connectivity index is 2.33. The first kappa shape index (κ1) is 13.0. The van der Waals surface area contributed by atoms with Crippen molar-refractivity contribution in [1.29, 1.82) is 0 Å². The zero-order valence-electron chi connectivity index (χ0n) is 9.48. The Morgan fingerprint density at radius 3 is 2.38 bits per heavy atom. The largest absolute Gasteiger partial charge is 0.481 e. The number of esters is 1. The van der Waals surface area contributed by atoms with Gasteiger partial charge in [0.15, 0.2) is 0 Å². The molecule has 0 bridgehead atoms. The van der Waals surface area contributed by atoms with Gasteiger partial charge in [-0.1, -0.05) is 6.42 Å². The van der Waals surface area contributed by atoms with Gasteiger partial charge in [0.2, 0.25) is 0 Å². The Hall–Kier alpha value is -1.10. The number of carboxylic acid groups (broad SMARTS) is 1. The number of methoxy groups -OCH3 is 1. The van der Waals surface area contributed by atoms with Crippen LogP contribution < -0.4 is 0 Å². The van der Waals surface area contributed by atoms with Gasteiger partial charge in [-0.05, 0) is 19.3 Å². The van der Waals surface area contributed by atoms with Gasteiger partial charge in [-0.15, -0.1) is 0 Å². The second-order valence-electron chi connectivity index (χ2n) is 3.98. The highest BCUT2D eigenvalue weighted by Gasteiger charge is 2.28. The maximum absolute atomic E-state index is 11.3. The molecule has 0 radical (unpaired) electrons. The standard InChI is InChI=1S/C11H18O5/c1-15-8-4-2-3-5-9(8)16-11(14)7-6-10(12)13/h8-9H,2-7H2,1H3,(H,12,13)/t8-,9-/m1/s1. The van der Waals surface area contributed by atoms with Crippen LogP contribution in [0.5, 0.6) is 0 Å². The zero-order chi connectivity index (χ0) is 12.0. The lowest BCUT2D eigenvalue weighted by atomic mass is 9.94. The Morgan fingerprint density at radius 2 is 1.81 bits per heavy atom. The summed E-state index contributed by atoms with van der Waals surface area (Å²) < 4.78 is 10.5. The Morgan fingerprint density at radius 1 is 1.19 bits per heavy atom. The summed E-state index contributed by atoms with van der Waals surface area (Å²) in [4.78, 5) is 21.6. The number of carbonyl (C=O) groups is 2. The second-order valence-corrected chi connectivity index (χ2v) is 3.98. The minimum Gasteiger partial charge on any atom is -0.481 e. The summed E-state index contributed by atoms with van der Waals surface area (Å²) in [5.74, 6) is -1.43. The molecule has 1 aliphatic carbocycles. The van der Waals surface area contributed by atoms with Crippen LogP contribution >= 0.6 is 0 Å². The van der Waals surface area contributed by atoms with Crippen molar-refractivity contribution in [1.82, 2.24) is 0 Å². The van der Waals surface area contributed by atoms with Crippen LogP contribution in [-0.2, 0) is 19.1 Å². The van der Waals surface area contributed by atoms with E-state index in [-0.39, 0.29) is 25.0 Å². The fraction of sp³-hybridized carbons (Fsp3) is 0.818. The van der Waals surface area contributed by atoms with Crippen molar-refractivity contribution in [3.05, 3.63) is 0 Å². The molecule has 0 unspecified atom stereocenters. The van der Waals surface area contributed by atoms with Crippen LogP contribution in [0, 0.1) is 0 Å². The molecule has 0 aromatic rings. The maximum Gasteiger partial charge on any atom is 0.306 e. The molecular weight excluding hydrogens is 212 g/mol. The van der Waals surface area contributed by atoms with Gasteiger partial charge in [0.05, 0.1) is 18.9 Å². The summed E-state index contributed by atoms with van der Waals surface area (Å²) in [6, 6.07) is 0. The molecule has 0 aromatic carbocycles. The van der Waals surface area contributed by atoms with Gasteiger partial charge in [0.25, 0.3) is 0 Å². The van der Waals surface area contributed by atoms with Gasteiger partial charge in [-0.3, -0.25) is 9.59 Å². The Kier molecular flexibility index (Phi) is 5.25. The lowest BCUT2D eigenvalue weighted by molar-refractivity contribution is -0.160. The highest BCUT2D eigenvalue weighted by atomic mass is 16.6. The molecule has 1 aliphatic rings. The van der Waals surface area contributed by atoms with Crippen molar-refractivity contribution in [2.45, 2.75) is 50.7 Å². The third kappa shape index (κ3) is 4.18. The van der Waals surface area contributed by atoms with Gasteiger partial charge in [0, 0.05) is 7.11 Å². The predicted molar refractivity (Wildman–Crippen MR) is 56.0 cm³/mol. The lowest BCUT2D eigenvalue weighted by Gasteiger charge is -2.29. The van der Waals surface area contributed by atoms with Crippen molar-refractivity contribution in [2.75, 3.05) is 7.11 Å². The fourth-order valence-electron chi connectivity index (χ4n) is 1.90. The average molecular weight is 230 g/mol. The van der Waals surface area contributed by atoms with E-state index < -0.39 is 11.9 Å². The third-order valence-corrected chi connectivity index (χ3v) is 2.77. The molecule has 1 fully saturated rings. The first-order valence-electron chi connectivity index (χ1n) is 5.57. The number of carboxylic acids is 1.